The van der Waals surface area contributed by atoms with Crippen LogP contribution in [0.4, 0.5) is 0 Å². The van der Waals surface area contributed by atoms with Crippen molar-refractivity contribution in [1.29, 1.82) is 0 Å². The second-order valence-corrected chi connectivity index (χ2v) is 6.84. The Labute approximate surface area is 184 Å². The smallest absolute Gasteiger partial charge is 0.326 e. The fourth-order valence-electron chi connectivity index (χ4n) is 3.25. The number of methoxy groups -OCH3 is 3. The van der Waals surface area contributed by atoms with E-state index in [1.807, 2.05) is 24.3 Å². The van der Waals surface area contributed by atoms with Crippen LogP contribution in [-0.2, 0) is 9.53 Å². The molecule has 0 radical (unpaired) electrons. The zero-order valence-electron chi connectivity index (χ0n) is 18.2. The van der Waals surface area contributed by atoms with Gasteiger partial charge in [-0.25, -0.2) is 0 Å². The lowest BCUT2D eigenvalue weighted by molar-refractivity contribution is -0.145. The number of esters is 1. The van der Waals surface area contributed by atoms with Crippen LogP contribution < -0.4 is 19.5 Å². The molecule has 32 heavy (non-hydrogen) atoms. The van der Waals surface area contributed by atoms with Crippen LogP contribution >= 0.6 is 0 Å². The quantitative estimate of drug-likeness (QED) is 0.388. The van der Waals surface area contributed by atoms with Crippen molar-refractivity contribution in [2.45, 2.75) is 13.0 Å². The number of carbonyl (C=O) groups excluding carboxylic acids is 3. The minimum atomic E-state index is -1.01. The number of rotatable bonds is 9. The van der Waals surface area contributed by atoms with E-state index in [-0.39, 0.29) is 11.3 Å². The van der Waals surface area contributed by atoms with Gasteiger partial charge in [-0.15, -0.1) is 0 Å². The summed E-state index contributed by atoms with van der Waals surface area (Å²) in [5.74, 6) is -0.680. The fourth-order valence-corrected chi connectivity index (χ4v) is 3.25. The van der Waals surface area contributed by atoms with Crippen LogP contribution in [0.5, 0.6) is 17.2 Å². The highest BCUT2D eigenvalue weighted by Crippen LogP contribution is 2.38. The Bertz CT molecular complexity index is 1130. The molecule has 1 unspecified atom stereocenters. The van der Waals surface area contributed by atoms with Gasteiger partial charge in [0.1, 0.15) is 6.54 Å². The lowest BCUT2D eigenvalue weighted by atomic mass is 10.1. The van der Waals surface area contributed by atoms with Gasteiger partial charge in [-0.1, -0.05) is 18.2 Å². The SMILES string of the molecule is COc1cc(C(=O)NCC(=O)OC(C)C(=O)c2c[nH]c3ccccc23)cc(OC)c1OC. The summed E-state index contributed by atoms with van der Waals surface area (Å²) in [4.78, 5) is 40.4. The Morgan fingerprint density at radius 3 is 2.28 bits per heavy atom. The third-order valence-corrected chi connectivity index (χ3v) is 4.85. The van der Waals surface area contributed by atoms with Crippen molar-refractivity contribution in [2.24, 2.45) is 0 Å². The van der Waals surface area contributed by atoms with Gasteiger partial charge in [-0.3, -0.25) is 14.4 Å². The maximum Gasteiger partial charge on any atom is 0.326 e. The van der Waals surface area contributed by atoms with Crippen LogP contribution in [-0.4, -0.2) is 56.6 Å². The first-order valence-corrected chi connectivity index (χ1v) is 9.77. The van der Waals surface area contributed by atoms with Crippen molar-refractivity contribution in [1.82, 2.24) is 10.3 Å². The Balaban J connectivity index is 1.62. The lowest BCUT2D eigenvalue weighted by Gasteiger charge is -2.14. The first-order chi connectivity index (χ1) is 15.4. The third kappa shape index (κ3) is 4.66. The van der Waals surface area contributed by atoms with Crippen molar-refractivity contribution in [3.8, 4) is 17.2 Å². The standard InChI is InChI=1S/C23H24N2O7/c1-13(21(27)16-11-24-17-8-6-5-7-15(16)17)32-20(26)12-25-23(28)14-9-18(29-2)22(31-4)19(10-14)30-3/h5-11,13,24H,12H2,1-4H3,(H,25,28). The van der Waals surface area contributed by atoms with E-state index in [0.717, 1.165) is 10.9 Å². The molecule has 9 nitrogen and oxygen atoms in total. The number of aromatic nitrogens is 1. The van der Waals surface area contributed by atoms with Crippen molar-refractivity contribution >= 4 is 28.6 Å². The van der Waals surface area contributed by atoms with Gasteiger partial charge in [0, 0.05) is 28.2 Å². The predicted octanol–water partition coefficient (Wildman–Crippen LogP) is 2.74. The highest BCUT2D eigenvalue weighted by atomic mass is 16.5. The van der Waals surface area contributed by atoms with E-state index >= 15 is 0 Å². The average Bonchev–Trinajstić information content (AvgIpc) is 3.24. The molecule has 1 amide bonds. The number of ether oxygens (including phenoxy) is 4. The molecule has 0 aliphatic heterocycles. The van der Waals surface area contributed by atoms with E-state index in [1.54, 1.807) is 6.20 Å². The van der Waals surface area contributed by atoms with E-state index < -0.39 is 24.5 Å². The lowest BCUT2D eigenvalue weighted by Crippen LogP contribution is -2.34. The maximum atomic E-state index is 12.7. The van der Waals surface area contributed by atoms with E-state index in [0.29, 0.717) is 22.8 Å². The zero-order valence-corrected chi connectivity index (χ0v) is 18.2. The van der Waals surface area contributed by atoms with E-state index in [1.165, 1.54) is 40.4 Å². The summed E-state index contributed by atoms with van der Waals surface area (Å²) >= 11 is 0. The summed E-state index contributed by atoms with van der Waals surface area (Å²) in [6, 6.07) is 10.3. The number of para-hydroxylation sites is 1. The molecule has 0 saturated heterocycles. The summed E-state index contributed by atoms with van der Waals surface area (Å²) in [6.45, 7) is 1.07. The van der Waals surface area contributed by atoms with Crippen LogP contribution in [0.1, 0.15) is 27.6 Å². The molecule has 0 bridgehead atoms. The van der Waals surface area contributed by atoms with E-state index in [4.69, 9.17) is 18.9 Å². The van der Waals surface area contributed by atoms with Crippen molar-refractivity contribution < 1.29 is 33.3 Å². The van der Waals surface area contributed by atoms with Gasteiger partial charge in [0.15, 0.2) is 17.6 Å². The summed E-state index contributed by atoms with van der Waals surface area (Å²) in [5.41, 5.74) is 1.45. The van der Waals surface area contributed by atoms with Crippen LogP contribution in [0.3, 0.4) is 0 Å². The number of ketones is 1. The number of aromatic amines is 1. The van der Waals surface area contributed by atoms with Gasteiger partial charge in [-0.2, -0.15) is 0 Å². The second kappa shape index (κ2) is 9.86. The highest BCUT2D eigenvalue weighted by molar-refractivity contribution is 6.10. The molecule has 3 aromatic rings. The van der Waals surface area contributed by atoms with Crippen LogP contribution in [0.2, 0.25) is 0 Å². The first-order valence-electron chi connectivity index (χ1n) is 9.77. The van der Waals surface area contributed by atoms with Gasteiger partial charge in [-0.05, 0) is 25.1 Å². The molecule has 168 valence electrons. The van der Waals surface area contributed by atoms with E-state index in [2.05, 4.69) is 10.3 Å². The molecule has 0 fully saturated rings. The Hall–Kier alpha value is -4.01. The third-order valence-electron chi connectivity index (χ3n) is 4.85. The van der Waals surface area contributed by atoms with Gasteiger partial charge < -0.3 is 29.2 Å². The minimum absolute atomic E-state index is 0.204. The number of amides is 1. The maximum absolute atomic E-state index is 12.7. The number of nitrogens with one attached hydrogen (secondary N) is 2. The van der Waals surface area contributed by atoms with Crippen molar-refractivity contribution in [2.75, 3.05) is 27.9 Å². The molecule has 2 N–H and O–H groups in total. The van der Waals surface area contributed by atoms with Crippen LogP contribution in [0.25, 0.3) is 10.9 Å². The molecule has 0 aliphatic rings. The Kier molecular flexibility index (Phi) is 6.99. The highest BCUT2D eigenvalue weighted by Gasteiger charge is 2.23. The molecule has 0 saturated carbocycles. The van der Waals surface area contributed by atoms with Gasteiger partial charge in [0.2, 0.25) is 11.5 Å². The second-order valence-electron chi connectivity index (χ2n) is 6.84. The minimum Gasteiger partial charge on any atom is -0.493 e. The number of fused-ring (bicyclic) bond motifs is 1. The van der Waals surface area contributed by atoms with Crippen molar-refractivity contribution in [3.63, 3.8) is 0 Å². The molecular weight excluding hydrogens is 416 g/mol. The monoisotopic (exact) mass is 440 g/mol. The molecular formula is C23H24N2O7. The molecule has 9 heteroatoms. The fraction of sp³-hybridized carbons (Fsp3) is 0.261. The average molecular weight is 440 g/mol. The summed E-state index contributed by atoms with van der Waals surface area (Å²) in [5, 5.41) is 3.21. The molecule has 0 spiro atoms. The molecule has 1 atom stereocenters. The van der Waals surface area contributed by atoms with Crippen molar-refractivity contribution in [3.05, 3.63) is 53.7 Å². The molecule has 3 rings (SSSR count). The van der Waals surface area contributed by atoms with E-state index in [9.17, 15) is 14.4 Å². The normalized spacial score (nSPS) is 11.5. The molecule has 0 aliphatic carbocycles. The number of H-pyrrole nitrogens is 1. The number of hydrogen-bond acceptors (Lipinski definition) is 7. The predicted molar refractivity (Wildman–Crippen MR) is 117 cm³/mol. The number of Topliss-reactive ketones (excluding diaryl/α,β-unsaturated/α-hetero) is 1. The Morgan fingerprint density at radius 1 is 1.00 bits per heavy atom. The van der Waals surface area contributed by atoms with Crippen LogP contribution in [0.15, 0.2) is 42.6 Å². The summed E-state index contributed by atoms with van der Waals surface area (Å²) in [7, 11) is 4.32. The van der Waals surface area contributed by atoms with Gasteiger partial charge in [0.05, 0.1) is 21.3 Å². The topological polar surface area (TPSA) is 116 Å². The number of benzene rings is 2. The molecule has 2 aromatic carbocycles. The van der Waals surface area contributed by atoms with Gasteiger partial charge >= 0.3 is 5.97 Å². The van der Waals surface area contributed by atoms with Gasteiger partial charge in [0.25, 0.3) is 5.91 Å². The summed E-state index contributed by atoms with van der Waals surface area (Å²) < 4.78 is 20.9. The Morgan fingerprint density at radius 2 is 1.66 bits per heavy atom. The summed E-state index contributed by atoms with van der Waals surface area (Å²) in [6.07, 6.45) is 0.573. The number of hydrogen-bond donors (Lipinski definition) is 2. The first kappa shape index (κ1) is 22.7. The number of carbonyl (C=O) groups is 3. The molecule has 1 heterocycles. The zero-order chi connectivity index (χ0) is 23.3. The molecule has 1 aromatic heterocycles. The van der Waals surface area contributed by atoms with Crippen LogP contribution in [0, 0.1) is 0 Å². The largest absolute Gasteiger partial charge is 0.493 e.